The van der Waals surface area contributed by atoms with Gasteiger partial charge >= 0.3 is 0 Å². The van der Waals surface area contributed by atoms with Crippen LogP contribution >= 0.6 is 11.3 Å². The van der Waals surface area contributed by atoms with Crippen molar-refractivity contribution in [1.82, 2.24) is 19.7 Å². The average molecular weight is 397 g/mol. The molecule has 1 aliphatic heterocycles. The maximum Gasteiger partial charge on any atom is 0.239 e. The number of hydrogen-bond acceptors (Lipinski definition) is 6. The van der Waals surface area contributed by atoms with E-state index in [1.165, 1.54) is 5.56 Å². The first-order valence-electron chi connectivity index (χ1n) is 9.39. The summed E-state index contributed by atoms with van der Waals surface area (Å²) in [6.45, 7) is 7.84. The van der Waals surface area contributed by atoms with Crippen molar-refractivity contribution in [2.75, 3.05) is 42.9 Å². The summed E-state index contributed by atoms with van der Waals surface area (Å²) in [4.78, 5) is 21.4. The normalized spacial score (nSPS) is 15.0. The average Bonchev–Trinajstić information content (AvgIpc) is 3.33. The van der Waals surface area contributed by atoms with Crippen molar-refractivity contribution in [3.05, 3.63) is 53.2 Å². The molecule has 0 atom stereocenters. The number of rotatable bonds is 5. The molecule has 0 bridgehead atoms. The van der Waals surface area contributed by atoms with E-state index in [2.05, 4.69) is 32.1 Å². The molecule has 3 aromatic rings. The number of nitrogens with zero attached hydrogens (tertiary/aromatic N) is 5. The monoisotopic (exact) mass is 396 g/mol. The van der Waals surface area contributed by atoms with Crippen LogP contribution in [-0.4, -0.2) is 58.3 Å². The fourth-order valence-electron chi connectivity index (χ4n) is 3.33. The van der Waals surface area contributed by atoms with Crippen LogP contribution in [0.25, 0.3) is 5.69 Å². The number of aryl methyl sites for hydroxylation is 2. The fourth-order valence-corrected chi connectivity index (χ4v) is 4.02. The summed E-state index contributed by atoms with van der Waals surface area (Å²) >= 11 is 1.66. The van der Waals surface area contributed by atoms with Gasteiger partial charge in [-0.2, -0.15) is 5.10 Å². The Morgan fingerprint density at radius 3 is 2.57 bits per heavy atom. The Morgan fingerprint density at radius 1 is 1.14 bits per heavy atom. The fraction of sp³-hybridized carbons (Fsp3) is 0.350. The molecule has 3 heterocycles. The van der Waals surface area contributed by atoms with Crippen molar-refractivity contribution in [3.63, 3.8) is 0 Å². The number of amides is 1. The summed E-state index contributed by atoms with van der Waals surface area (Å²) < 4.78 is 1.78. The van der Waals surface area contributed by atoms with Crippen molar-refractivity contribution in [2.45, 2.75) is 13.8 Å². The molecular formula is C20H24N6OS. The summed E-state index contributed by atoms with van der Waals surface area (Å²) in [6, 6.07) is 10.0. The molecular weight excluding hydrogens is 372 g/mol. The van der Waals surface area contributed by atoms with Crippen LogP contribution in [0.3, 0.4) is 0 Å². The van der Waals surface area contributed by atoms with Crippen molar-refractivity contribution in [3.8, 4) is 5.69 Å². The Kier molecular flexibility index (Phi) is 5.40. The molecule has 146 valence electrons. The lowest BCUT2D eigenvalue weighted by molar-refractivity contribution is -0.117. The SMILES string of the molecule is Cc1ccc(-n2nc(C)cc2NC(=O)CN2CCN(c3nccs3)CC2)cc1. The molecule has 0 radical (unpaired) electrons. The number of carbonyl (C=O) groups is 1. The van der Waals surface area contributed by atoms with Gasteiger partial charge in [0, 0.05) is 43.8 Å². The molecule has 1 aromatic carbocycles. The highest BCUT2D eigenvalue weighted by atomic mass is 32.1. The van der Waals surface area contributed by atoms with E-state index in [-0.39, 0.29) is 5.91 Å². The minimum atomic E-state index is -0.0176. The molecule has 1 saturated heterocycles. The Bertz CT molecular complexity index is 926. The molecule has 2 aromatic heterocycles. The van der Waals surface area contributed by atoms with Gasteiger partial charge in [-0.3, -0.25) is 9.69 Å². The molecule has 7 nitrogen and oxygen atoms in total. The summed E-state index contributed by atoms with van der Waals surface area (Å²) in [6.07, 6.45) is 1.83. The Labute approximate surface area is 168 Å². The molecule has 4 rings (SSSR count). The number of carbonyl (C=O) groups excluding carboxylic acids is 1. The lowest BCUT2D eigenvalue weighted by Gasteiger charge is -2.34. The molecule has 1 fully saturated rings. The van der Waals surface area contributed by atoms with Crippen LogP contribution in [-0.2, 0) is 4.79 Å². The summed E-state index contributed by atoms with van der Waals surface area (Å²) in [5.41, 5.74) is 2.99. The van der Waals surface area contributed by atoms with E-state index >= 15 is 0 Å². The maximum absolute atomic E-state index is 12.6. The smallest absolute Gasteiger partial charge is 0.239 e. The first kappa shape index (κ1) is 18.6. The van der Waals surface area contributed by atoms with Gasteiger partial charge in [0.05, 0.1) is 17.9 Å². The quantitative estimate of drug-likeness (QED) is 0.718. The second kappa shape index (κ2) is 8.12. The number of thiazole rings is 1. The highest BCUT2D eigenvalue weighted by Gasteiger charge is 2.21. The van der Waals surface area contributed by atoms with Gasteiger partial charge in [-0.15, -0.1) is 11.3 Å². The van der Waals surface area contributed by atoms with Gasteiger partial charge in [-0.25, -0.2) is 9.67 Å². The maximum atomic E-state index is 12.6. The zero-order chi connectivity index (χ0) is 19.5. The highest BCUT2D eigenvalue weighted by Crippen LogP contribution is 2.20. The zero-order valence-corrected chi connectivity index (χ0v) is 16.9. The molecule has 1 aliphatic rings. The van der Waals surface area contributed by atoms with Crippen molar-refractivity contribution < 1.29 is 4.79 Å². The third-order valence-electron chi connectivity index (χ3n) is 4.81. The molecule has 0 spiro atoms. The van der Waals surface area contributed by atoms with Crippen LogP contribution in [0.5, 0.6) is 0 Å². The first-order chi connectivity index (χ1) is 13.6. The first-order valence-corrected chi connectivity index (χ1v) is 10.3. The Hall–Kier alpha value is -2.71. The predicted octanol–water partition coefficient (Wildman–Crippen LogP) is 2.71. The highest BCUT2D eigenvalue weighted by molar-refractivity contribution is 7.13. The Balaban J connectivity index is 1.36. The van der Waals surface area contributed by atoms with E-state index in [9.17, 15) is 4.79 Å². The van der Waals surface area contributed by atoms with Crippen LogP contribution in [0.1, 0.15) is 11.3 Å². The minimum Gasteiger partial charge on any atom is -0.346 e. The van der Waals surface area contributed by atoms with Gasteiger partial charge in [0.1, 0.15) is 5.82 Å². The summed E-state index contributed by atoms with van der Waals surface area (Å²) in [7, 11) is 0. The molecule has 0 unspecified atom stereocenters. The van der Waals surface area contributed by atoms with Crippen LogP contribution in [0.4, 0.5) is 10.9 Å². The van der Waals surface area contributed by atoms with Gasteiger partial charge < -0.3 is 10.2 Å². The van der Waals surface area contributed by atoms with Gasteiger partial charge in [0.15, 0.2) is 5.13 Å². The lowest BCUT2D eigenvalue weighted by atomic mass is 10.2. The van der Waals surface area contributed by atoms with Crippen LogP contribution in [0, 0.1) is 13.8 Å². The van der Waals surface area contributed by atoms with Crippen LogP contribution in [0.15, 0.2) is 41.9 Å². The van der Waals surface area contributed by atoms with Crippen molar-refractivity contribution in [1.29, 1.82) is 0 Å². The second-order valence-corrected chi connectivity index (χ2v) is 7.92. The lowest BCUT2D eigenvalue weighted by Crippen LogP contribution is -2.48. The predicted molar refractivity (Wildman–Crippen MR) is 112 cm³/mol. The number of aromatic nitrogens is 3. The van der Waals surface area contributed by atoms with Crippen molar-refractivity contribution in [2.24, 2.45) is 0 Å². The Morgan fingerprint density at radius 2 is 1.89 bits per heavy atom. The topological polar surface area (TPSA) is 66.3 Å². The standard InChI is InChI=1S/C20H24N6OS/c1-15-3-5-17(6-4-15)26-18(13-16(2)23-26)22-19(27)14-24-8-10-25(11-9-24)20-21-7-12-28-20/h3-7,12-13H,8-11,14H2,1-2H3,(H,22,27). The zero-order valence-electron chi connectivity index (χ0n) is 16.1. The third kappa shape index (κ3) is 4.23. The minimum absolute atomic E-state index is 0.0176. The van der Waals surface area contributed by atoms with Crippen LogP contribution in [0.2, 0.25) is 0 Å². The van der Waals surface area contributed by atoms with Gasteiger partial charge in [-0.05, 0) is 26.0 Å². The third-order valence-corrected chi connectivity index (χ3v) is 5.64. The number of hydrogen-bond donors (Lipinski definition) is 1. The number of anilines is 2. The molecule has 28 heavy (non-hydrogen) atoms. The van der Waals surface area contributed by atoms with Gasteiger partial charge in [0.25, 0.3) is 0 Å². The van der Waals surface area contributed by atoms with Gasteiger partial charge in [-0.1, -0.05) is 17.7 Å². The van der Waals surface area contributed by atoms with E-state index in [0.717, 1.165) is 42.7 Å². The summed E-state index contributed by atoms with van der Waals surface area (Å²) in [5, 5.41) is 10.6. The number of nitrogens with one attached hydrogen (secondary N) is 1. The van der Waals surface area contributed by atoms with E-state index in [1.54, 1.807) is 16.0 Å². The second-order valence-electron chi connectivity index (χ2n) is 7.04. The number of piperazine rings is 1. The molecule has 0 saturated carbocycles. The van der Waals surface area contributed by atoms with E-state index in [4.69, 9.17) is 0 Å². The number of benzene rings is 1. The van der Waals surface area contributed by atoms with Crippen molar-refractivity contribution >= 4 is 28.2 Å². The molecule has 1 N–H and O–H groups in total. The van der Waals surface area contributed by atoms with Gasteiger partial charge in [0.2, 0.25) is 5.91 Å². The van der Waals surface area contributed by atoms with Crippen LogP contribution < -0.4 is 10.2 Å². The van der Waals surface area contributed by atoms with E-state index in [0.29, 0.717) is 12.4 Å². The molecule has 1 amide bonds. The van der Waals surface area contributed by atoms with E-state index < -0.39 is 0 Å². The molecule has 8 heteroatoms. The largest absolute Gasteiger partial charge is 0.346 e. The molecule has 0 aliphatic carbocycles. The van der Waals surface area contributed by atoms with E-state index in [1.807, 2.05) is 48.8 Å². The summed E-state index contributed by atoms with van der Waals surface area (Å²) in [5.74, 6) is 0.684.